The number of likely N-dealkylation sites (N-methyl/N-ethyl adjacent to an activating group) is 1. The molecule has 2 aromatic rings. The van der Waals surface area contributed by atoms with Gasteiger partial charge >= 0.3 is 0 Å². The highest BCUT2D eigenvalue weighted by Crippen LogP contribution is 2.45. The van der Waals surface area contributed by atoms with Crippen molar-refractivity contribution in [2.24, 2.45) is 11.3 Å². The fourth-order valence-electron chi connectivity index (χ4n) is 8.57. The first kappa shape index (κ1) is 41.9. The van der Waals surface area contributed by atoms with Crippen molar-refractivity contribution < 1.29 is 27.1 Å². The molecule has 4 aliphatic heterocycles. The Morgan fingerprint density at radius 2 is 1.70 bits per heavy atom. The van der Waals surface area contributed by atoms with Crippen LogP contribution in [0.15, 0.2) is 36.7 Å². The SMILES string of the molecule is CC(C)N(C(=O)c1cc(F)ccc1Oc1nncnc1N1CC2(CCN(CC3CCN(S(=O)(=O)N4CC[C@@H](NC(=O)/C=C/CN(C)C)C4)CC3)CC2)C1)C(C)C. The van der Waals surface area contributed by atoms with Crippen molar-refractivity contribution in [3.8, 4) is 11.6 Å². The predicted octanol–water partition coefficient (Wildman–Crippen LogP) is 3.23. The molecule has 1 spiro atoms. The lowest BCUT2D eigenvalue weighted by Crippen LogP contribution is -2.61. The van der Waals surface area contributed by atoms with Gasteiger partial charge in [0, 0.05) is 82.0 Å². The second kappa shape index (κ2) is 17.8. The van der Waals surface area contributed by atoms with Crippen LogP contribution in [-0.2, 0) is 15.0 Å². The number of ether oxygens (including phenoxy) is 1. The summed E-state index contributed by atoms with van der Waals surface area (Å²) in [5, 5.41) is 11.1. The summed E-state index contributed by atoms with van der Waals surface area (Å²) >= 11 is 0. The van der Waals surface area contributed by atoms with E-state index in [2.05, 4.69) is 30.3 Å². The number of anilines is 1. The van der Waals surface area contributed by atoms with E-state index in [0.717, 1.165) is 58.4 Å². The van der Waals surface area contributed by atoms with Crippen molar-refractivity contribution in [1.29, 1.82) is 0 Å². The van der Waals surface area contributed by atoms with Crippen LogP contribution in [0.25, 0.3) is 0 Å². The van der Waals surface area contributed by atoms with E-state index in [9.17, 15) is 22.4 Å². The van der Waals surface area contributed by atoms with Crippen LogP contribution < -0.4 is 15.0 Å². The van der Waals surface area contributed by atoms with Crippen molar-refractivity contribution in [2.75, 3.05) is 84.4 Å². The van der Waals surface area contributed by atoms with Gasteiger partial charge in [-0.25, -0.2) is 9.37 Å². The van der Waals surface area contributed by atoms with Crippen molar-refractivity contribution in [3.63, 3.8) is 0 Å². The number of amides is 2. The second-order valence-corrected chi connectivity index (χ2v) is 18.7. The normalized spacial score (nSPS) is 21.4. The summed E-state index contributed by atoms with van der Waals surface area (Å²) in [6.07, 6.45) is 9.05. The van der Waals surface area contributed by atoms with E-state index in [1.54, 1.807) is 15.3 Å². The molecule has 4 fully saturated rings. The standard InChI is InChI=1S/C39H59FN10O5S/c1-28(2)50(29(3)4)38(52)33-22-31(40)9-10-34(33)55-37-36(41-27-42-44-37)47-25-39(26-47)14-20-46(21-15-39)23-30-11-17-48(18-12-30)56(53,54)49-19-13-32(24-49)43-35(51)8-7-16-45(5)6/h7-10,22,27-30,32H,11-21,23-26H2,1-6H3,(H,43,51)/b8-7+/t32-/m1/s1. The number of carbonyl (C=O) groups excluding carboxylic acids is 2. The number of hydrogen-bond donors (Lipinski definition) is 1. The van der Waals surface area contributed by atoms with E-state index in [0.29, 0.717) is 50.9 Å². The van der Waals surface area contributed by atoms with Crippen LogP contribution >= 0.6 is 0 Å². The first-order valence-electron chi connectivity index (χ1n) is 20.0. The van der Waals surface area contributed by atoms with Gasteiger partial charge in [-0.15, -0.1) is 10.2 Å². The molecule has 1 N–H and O–H groups in total. The third kappa shape index (κ3) is 9.84. The zero-order valence-corrected chi connectivity index (χ0v) is 34.5. The maximum absolute atomic E-state index is 14.4. The molecule has 4 aliphatic rings. The number of halogens is 1. The molecule has 56 heavy (non-hydrogen) atoms. The monoisotopic (exact) mass is 798 g/mol. The molecule has 1 atom stereocenters. The van der Waals surface area contributed by atoms with E-state index >= 15 is 0 Å². The number of hydrogen-bond acceptors (Lipinski definition) is 11. The molecule has 4 saturated heterocycles. The first-order chi connectivity index (χ1) is 26.6. The van der Waals surface area contributed by atoms with Crippen LogP contribution in [0.4, 0.5) is 10.2 Å². The van der Waals surface area contributed by atoms with Crippen LogP contribution in [0.1, 0.15) is 70.2 Å². The number of nitrogens with zero attached hydrogens (tertiary/aromatic N) is 9. The summed E-state index contributed by atoms with van der Waals surface area (Å²) in [6.45, 7) is 14.6. The molecular formula is C39H59FN10O5S. The molecule has 0 radical (unpaired) electrons. The molecule has 0 unspecified atom stereocenters. The van der Waals surface area contributed by atoms with E-state index in [1.807, 2.05) is 46.7 Å². The Bertz CT molecular complexity index is 1810. The van der Waals surface area contributed by atoms with Gasteiger partial charge in [-0.2, -0.15) is 17.0 Å². The molecule has 1 aromatic heterocycles. The fraction of sp³-hybridized carbons (Fsp3) is 0.667. The van der Waals surface area contributed by atoms with Gasteiger partial charge in [0.25, 0.3) is 22.0 Å². The van der Waals surface area contributed by atoms with E-state index in [1.165, 1.54) is 34.9 Å². The zero-order valence-electron chi connectivity index (χ0n) is 33.7. The van der Waals surface area contributed by atoms with Gasteiger partial charge in [0.1, 0.15) is 17.9 Å². The van der Waals surface area contributed by atoms with Crippen molar-refractivity contribution >= 4 is 27.8 Å². The van der Waals surface area contributed by atoms with Gasteiger partial charge in [0.2, 0.25) is 5.91 Å². The predicted molar refractivity (Wildman–Crippen MR) is 212 cm³/mol. The lowest BCUT2D eigenvalue weighted by molar-refractivity contribution is -0.117. The van der Waals surface area contributed by atoms with Crippen molar-refractivity contribution in [3.05, 3.63) is 48.1 Å². The smallest absolute Gasteiger partial charge is 0.282 e. The number of piperidine rings is 2. The Morgan fingerprint density at radius 1 is 1.02 bits per heavy atom. The molecule has 2 amide bonds. The van der Waals surface area contributed by atoms with Gasteiger partial charge in [-0.1, -0.05) is 6.08 Å². The van der Waals surface area contributed by atoms with Gasteiger partial charge < -0.3 is 29.7 Å². The highest BCUT2D eigenvalue weighted by Gasteiger charge is 2.47. The van der Waals surface area contributed by atoms with Crippen molar-refractivity contribution in [2.45, 2.75) is 77.9 Å². The number of aromatic nitrogens is 3. The second-order valence-electron chi connectivity index (χ2n) is 16.8. The largest absolute Gasteiger partial charge is 0.434 e. The van der Waals surface area contributed by atoms with E-state index < -0.39 is 16.0 Å². The third-order valence-electron chi connectivity index (χ3n) is 11.5. The van der Waals surface area contributed by atoms with Crippen LogP contribution in [-0.4, -0.2) is 156 Å². The van der Waals surface area contributed by atoms with Gasteiger partial charge in [0.15, 0.2) is 5.82 Å². The summed E-state index contributed by atoms with van der Waals surface area (Å²) in [7, 11) is 0.286. The Balaban J connectivity index is 0.962. The molecule has 0 bridgehead atoms. The lowest BCUT2D eigenvalue weighted by atomic mass is 9.72. The summed E-state index contributed by atoms with van der Waals surface area (Å²) < 4.78 is 50.7. The number of nitrogens with one attached hydrogen (secondary N) is 1. The van der Waals surface area contributed by atoms with Crippen LogP contribution in [0, 0.1) is 17.2 Å². The van der Waals surface area contributed by atoms with Gasteiger partial charge in [-0.05, 0) is 111 Å². The number of rotatable bonds is 14. The summed E-state index contributed by atoms with van der Waals surface area (Å²) in [4.78, 5) is 38.7. The quantitative estimate of drug-likeness (QED) is 0.281. The van der Waals surface area contributed by atoms with Crippen LogP contribution in [0.3, 0.4) is 0 Å². The molecule has 5 heterocycles. The number of carbonyl (C=O) groups is 2. The molecule has 1 aromatic carbocycles. The Kier molecular flexibility index (Phi) is 13.3. The van der Waals surface area contributed by atoms with Gasteiger partial charge in [-0.3, -0.25) is 9.59 Å². The number of likely N-dealkylation sites (tertiary alicyclic amines) is 1. The van der Waals surface area contributed by atoms with E-state index in [-0.39, 0.29) is 52.5 Å². The average molecular weight is 799 g/mol. The minimum atomic E-state index is -3.58. The molecule has 0 aliphatic carbocycles. The minimum Gasteiger partial charge on any atom is -0.434 e. The Morgan fingerprint density at radius 3 is 2.36 bits per heavy atom. The van der Waals surface area contributed by atoms with E-state index in [4.69, 9.17) is 4.74 Å². The lowest BCUT2D eigenvalue weighted by Gasteiger charge is -2.54. The molecule has 17 heteroatoms. The summed E-state index contributed by atoms with van der Waals surface area (Å²) in [5.41, 5.74) is 0.271. The average Bonchev–Trinajstić information content (AvgIpc) is 3.61. The molecule has 15 nitrogen and oxygen atoms in total. The molecule has 6 rings (SSSR count). The summed E-state index contributed by atoms with van der Waals surface area (Å²) in [5.74, 6) is 0.323. The minimum absolute atomic E-state index is 0.0914. The van der Waals surface area contributed by atoms with Crippen molar-refractivity contribution in [1.82, 2.24) is 43.8 Å². The Hall–Kier alpha value is -3.77. The Labute approximate surface area is 331 Å². The maximum atomic E-state index is 14.4. The highest BCUT2D eigenvalue weighted by atomic mass is 32.2. The fourth-order valence-corrected chi connectivity index (χ4v) is 10.3. The highest BCUT2D eigenvalue weighted by molar-refractivity contribution is 7.86. The first-order valence-corrected chi connectivity index (χ1v) is 21.4. The molecule has 308 valence electrons. The molecular weight excluding hydrogens is 740 g/mol. The topological polar surface area (TPSA) is 148 Å². The van der Waals surface area contributed by atoms with Gasteiger partial charge in [0.05, 0.1) is 5.56 Å². The van der Waals surface area contributed by atoms with Crippen LogP contribution in [0.2, 0.25) is 0 Å². The molecule has 0 saturated carbocycles. The maximum Gasteiger partial charge on any atom is 0.282 e. The zero-order chi connectivity index (χ0) is 40.2. The number of benzene rings is 1. The third-order valence-corrected chi connectivity index (χ3v) is 13.5. The van der Waals surface area contributed by atoms with Crippen LogP contribution in [0.5, 0.6) is 11.6 Å². The summed E-state index contributed by atoms with van der Waals surface area (Å²) in [6, 6.07) is 3.56.